The highest BCUT2D eigenvalue weighted by atomic mass is 16.5. The number of hydrogen-bond acceptors (Lipinski definition) is 5. The highest BCUT2D eigenvalue weighted by molar-refractivity contribution is 5.89. The van der Waals surface area contributed by atoms with Crippen molar-refractivity contribution >= 4 is 11.7 Å². The first kappa shape index (κ1) is 17.2. The van der Waals surface area contributed by atoms with Gasteiger partial charge in [0.1, 0.15) is 0 Å². The van der Waals surface area contributed by atoms with E-state index in [0.29, 0.717) is 23.0 Å². The number of carbonyl (C=O) groups is 1. The van der Waals surface area contributed by atoms with Gasteiger partial charge < -0.3 is 15.2 Å². The summed E-state index contributed by atoms with van der Waals surface area (Å²) in [6.07, 6.45) is 0. The van der Waals surface area contributed by atoms with Gasteiger partial charge >= 0.3 is 6.03 Å². The Morgan fingerprint density at radius 3 is 2.35 bits per heavy atom. The van der Waals surface area contributed by atoms with Gasteiger partial charge in [-0.2, -0.15) is 10.2 Å². The molecule has 0 atom stereocenters. The number of anilines is 1. The molecule has 130 valence electrons. The van der Waals surface area contributed by atoms with Crippen LogP contribution < -0.4 is 10.6 Å². The summed E-state index contributed by atoms with van der Waals surface area (Å²) in [5.74, 6) is 0.825. The summed E-state index contributed by atoms with van der Waals surface area (Å²) >= 11 is 0. The molecule has 3 rings (SSSR count). The second kappa shape index (κ2) is 7.49. The van der Waals surface area contributed by atoms with Crippen molar-refractivity contribution in [3.63, 3.8) is 0 Å². The molecule has 1 heterocycles. The summed E-state index contributed by atoms with van der Waals surface area (Å²) in [7, 11) is 0. The van der Waals surface area contributed by atoms with Crippen LogP contribution in [0.2, 0.25) is 0 Å². The van der Waals surface area contributed by atoms with Crippen LogP contribution in [0, 0.1) is 11.3 Å². The molecule has 2 amide bonds. The van der Waals surface area contributed by atoms with Crippen molar-refractivity contribution < 1.29 is 9.32 Å². The molecule has 0 spiro atoms. The standard InChI is InChI=1S/C19H17N5O2/c1-12(2)21-19(25)22-16-9-7-14(8-10-16)17-23-18(26-24-17)15-5-3-13(11-20)4-6-15/h3-10,12H,1-2H3,(H2,21,22,25). The molecule has 26 heavy (non-hydrogen) atoms. The highest BCUT2D eigenvalue weighted by Crippen LogP contribution is 2.23. The first-order valence-corrected chi connectivity index (χ1v) is 8.07. The molecule has 2 aromatic carbocycles. The van der Waals surface area contributed by atoms with Gasteiger partial charge in [0.15, 0.2) is 0 Å². The van der Waals surface area contributed by atoms with Crippen LogP contribution in [-0.4, -0.2) is 22.2 Å². The Hall–Kier alpha value is -3.66. The van der Waals surface area contributed by atoms with E-state index in [0.717, 1.165) is 11.1 Å². The van der Waals surface area contributed by atoms with E-state index in [1.807, 2.05) is 13.8 Å². The third-order valence-corrected chi connectivity index (χ3v) is 3.51. The molecule has 0 aliphatic heterocycles. The maximum atomic E-state index is 11.7. The van der Waals surface area contributed by atoms with Crippen LogP contribution in [-0.2, 0) is 0 Å². The molecular weight excluding hydrogens is 330 g/mol. The molecule has 0 fully saturated rings. The lowest BCUT2D eigenvalue weighted by molar-refractivity contribution is 0.250. The third kappa shape index (κ3) is 4.05. The summed E-state index contributed by atoms with van der Waals surface area (Å²) in [6.45, 7) is 3.79. The number of hydrogen-bond donors (Lipinski definition) is 2. The molecule has 3 aromatic rings. The zero-order valence-corrected chi connectivity index (χ0v) is 14.4. The minimum absolute atomic E-state index is 0.0641. The minimum Gasteiger partial charge on any atom is -0.336 e. The normalized spacial score (nSPS) is 10.4. The second-order valence-corrected chi connectivity index (χ2v) is 5.94. The van der Waals surface area contributed by atoms with Gasteiger partial charge in [0.25, 0.3) is 5.89 Å². The monoisotopic (exact) mass is 347 g/mol. The van der Waals surface area contributed by atoms with Crippen LogP contribution in [0.5, 0.6) is 0 Å². The van der Waals surface area contributed by atoms with E-state index in [1.165, 1.54) is 0 Å². The Bertz CT molecular complexity index is 937. The lowest BCUT2D eigenvalue weighted by atomic mass is 10.1. The van der Waals surface area contributed by atoms with Crippen LogP contribution >= 0.6 is 0 Å². The number of nitrogens with one attached hydrogen (secondary N) is 2. The average molecular weight is 347 g/mol. The number of nitriles is 1. The lowest BCUT2D eigenvalue weighted by Gasteiger charge is -2.10. The maximum absolute atomic E-state index is 11.7. The van der Waals surface area contributed by atoms with E-state index in [-0.39, 0.29) is 12.1 Å². The lowest BCUT2D eigenvalue weighted by Crippen LogP contribution is -2.34. The predicted octanol–water partition coefficient (Wildman–Crippen LogP) is 3.81. The summed E-state index contributed by atoms with van der Waals surface area (Å²) in [6, 6.07) is 15.9. The molecule has 0 aliphatic rings. The number of rotatable bonds is 4. The fourth-order valence-electron chi connectivity index (χ4n) is 2.28. The fraction of sp³-hybridized carbons (Fsp3) is 0.158. The molecular formula is C19H17N5O2. The van der Waals surface area contributed by atoms with E-state index < -0.39 is 0 Å². The summed E-state index contributed by atoms with van der Waals surface area (Å²) in [5, 5.41) is 18.3. The first-order chi connectivity index (χ1) is 12.5. The van der Waals surface area contributed by atoms with Gasteiger partial charge in [-0.25, -0.2) is 4.79 Å². The predicted molar refractivity (Wildman–Crippen MR) is 97.2 cm³/mol. The van der Waals surface area contributed by atoms with E-state index in [2.05, 4.69) is 26.8 Å². The molecule has 0 radical (unpaired) electrons. The molecule has 0 unspecified atom stereocenters. The quantitative estimate of drug-likeness (QED) is 0.747. The number of amides is 2. The van der Waals surface area contributed by atoms with Crippen molar-refractivity contribution in [2.75, 3.05) is 5.32 Å². The zero-order valence-electron chi connectivity index (χ0n) is 14.4. The van der Waals surface area contributed by atoms with Crippen LogP contribution in [0.3, 0.4) is 0 Å². The van der Waals surface area contributed by atoms with Gasteiger partial charge in [0.05, 0.1) is 11.6 Å². The Morgan fingerprint density at radius 1 is 1.08 bits per heavy atom. The van der Waals surface area contributed by atoms with Crippen molar-refractivity contribution in [3.8, 4) is 28.9 Å². The topological polar surface area (TPSA) is 104 Å². The highest BCUT2D eigenvalue weighted by Gasteiger charge is 2.11. The molecule has 7 heteroatoms. The van der Waals surface area contributed by atoms with Crippen LogP contribution in [0.4, 0.5) is 10.5 Å². The maximum Gasteiger partial charge on any atom is 0.319 e. The van der Waals surface area contributed by atoms with E-state index in [4.69, 9.17) is 9.78 Å². The third-order valence-electron chi connectivity index (χ3n) is 3.51. The van der Waals surface area contributed by atoms with Crippen molar-refractivity contribution in [2.45, 2.75) is 19.9 Å². The fourth-order valence-corrected chi connectivity index (χ4v) is 2.28. The molecule has 1 aromatic heterocycles. The van der Waals surface area contributed by atoms with Crippen molar-refractivity contribution in [1.82, 2.24) is 15.5 Å². The second-order valence-electron chi connectivity index (χ2n) is 5.94. The van der Waals surface area contributed by atoms with Gasteiger partial charge in [-0.1, -0.05) is 5.16 Å². The average Bonchev–Trinajstić information content (AvgIpc) is 3.12. The van der Waals surface area contributed by atoms with Gasteiger partial charge in [-0.05, 0) is 62.4 Å². The van der Waals surface area contributed by atoms with E-state index in [1.54, 1.807) is 48.5 Å². The van der Waals surface area contributed by atoms with Gasteiger partial charge in [-0.15, -0.1) is 0 Å². The van der Waals surface area contributed by atoms with Crippen LogP contribution in [0.15, 0.2) is 53.1 Å². The molecule has 7 nitrogen and oxygen atoms in total. The van der Waals surface area contributed by atoms with Crippen LogP contribution in [0.1, 0.15) is 19.4 Å². The largest absolute Gasteiger partial charge is 0.336 e. The van der Waals surface area contributed by atoms with Crippen LogP contribution in [0.25, 0.3) is 22.8 Å². The zero-order chi connectivity index (χ0) is 18.5. The smallest absolute Gasteiger partial charge is 0.319 e. The summed E-state index contributed by atoms with van der Waals surface area (Å²) in [4.78, 5) is 16.1. The van der Waals surface area contributed by atoms with E-state index >= 15 is 0 Å². The molecule has 0 saturated heterocycles. The SMILES string of the molecule is CC(C)NC(=O)Nc1ccc(-c2noc(-c3ccc(C#N)cc3)n2)cc1. The Balaban J connectivity index is 1.73. The molecule has 0 saturated carbocycles. The van der Waals surface area contributed by atoms with E-state index in [9.17, 15) is 4.79 Å². The number of urea groups is 1. The van der Waals surface area contributed by atoms with Crippen molar-refractivity contribution in [3.05, 3.63) is 54.1 Å². The summed E-state index contributed by atoms with van der Waals surface area (Å²) < 4.78 is 5.29. The Morgan fingerprint density at radius 2 is 1.73 bits per heavy atom. The van der Waals surface area contributed by atoms with Gasteiger partial charge in [-0.3, -0.25) is 0 Å². The van der Waals surface area contributed by atoms with Crippen molar-refractivity contribution in [2.24, 2.45) is 0 Å². The molecule has 0 aliphatic carbocycles. The number of nitrogens with zero attached hydrogens (tertiary/aromatic N) is 3. The van der Waals surface area contributed by atoms with Gasteiger partial charge in [0, 0.05) is 22.9 Å². The Kier molecular flexibility index (Phi) is 4.94. The van der Waals surface area contributed by atoms with Gasteiger partial charge in [0.2, 0.25) is 5.82 Å². The molecule has 2 N–H and O–H groups in total. The number of aromatic nitrogens is 2. The molecule has 0 bridgehead atoms. The Labute approximate surface area is 150 Å². The first-order valence-electron chi connectivity index (χ1n) is 8.07. The van der Waals surface area contributed by atoms with Crippen molar-refractivity contribution in [1.29, 1.82) is 5.26 Å². The number of benzene rings is 2. The summed E-state index contributed by atoms with van der Waals surface area (Å²) in [5.41, 5.74) is 2.75. The number of carbonyl (C=O) groups excluding carboxylic acids is 1. The minimum atomic E-state index is -0.254.